The molecular formula is C21H17ClF2N4O2. The topological polar surface area (TPSA) is 73.0 Å². The molecule has 0 radical (unpaired) electrons. The van der Waals surface area contributed by atoms with Gasteiger partial charge in [-0.1, -0.05) is 28.9 Å². The summed E-state index contributed by atoms with van der Waals surface area (Å²) in [5.74, 6) is -0.620. The fourth-order valence-corrected chi connectivity index (χ4v) is 3.61. The molecule has 6 nitrogen and oxygen atoms in total. The van der Waals surface area contributed by atoms with E-state index >= 15 is 0 Å². The van der Waals surface area contributed by atoms with Gasteiger partial charge in [0, 0.05) is 20.0 Å². The second kappa shape index (κ2) is 7.87. The number of nitrogens with one attached hydrogen (secondary N) is 1. The van der Waals surface area contributed by atoms with E-state index in [1.807, 2.05) is 0 Å². The van der Waals surface area contributed by atoms with Gasteiger partial charge in [0.15, 0.2) is 5.82 Å². The van der Waals surface area contributed by atoms with E-state index in [4.69, 9.17) is 16.1 Å². The van der Waals surface area contributed by atoms with E-state index in [1.165, 1.54) is 24.3 Å². The van der Waals surface area contributed by atoms with E-state index in [0.717, 1.165) is 0 Å². The van der Waals surface area contributed by atoms with Crippen molar-refractivity contribution in [2.24, 2.45) is 7.05 Å². The molecule has 4 aromatic rings. The van der Waals surface area contributed by atoms with Gasteiger partial charge in [-0.15, -0.1) is 0 Å². The molecule has 30 heavy (non-hydrogen) atoms. The average molecular weight is 431 g/mol. The summed E-state index contributed by atoms with van der Waals surface area (Å²) in [4.78, 5) is 17.1. The van der Waals surface area contributed by atoms with E-state index in [2.05, 4.69) is 15.5 Å². The number of rotatable bonds is 5. The van der Waals surface area contributed by atoms with E-state index in [9.17, 15) is 13.6 Å². The molecule has 2 heterocycles. The number of hydrogen-bond donors (Lipinski definition) is 1. The Balaban J connectivity index is 1.54. The third-order valence-corrected chi connectivity index (χ3v) is 5.19. The van der Waals surface area contributed by atoms with Gasteiger partial charge in [0.1, 0.15) is 34.2 Å². The Morgan fingerprint density at radius 1 is 1.20 bits per heavy atom. The van der Waals surface area contributed by atoms with Crippen molar-refractivity contribution in [2.75, 3.05) is 6.54 Å². The summed E-state index contributed by atoms with van der Waals surface area (Å²) in [6.45, 7) is 1.79. The summed E-state index contributed by atoms with van der Waals surface area (Å²) in [5.41, 5.74) is 1.11. The van der Waals surface area contributed by atoms with Crippen molar-refractivity contribution >= 4 is 28.5 Å². The molecule has 0 aliphatic rings. The molecule has 1 N–H and O–H groups in total. The van der Waals surface area contributed by atoms with Crippen LogP contribution in [0.25, 0.3) is 22.3 Å². The lowest BCUT2D eigenvalue weighted by Gasteiger charge is -2.08. The van der Waals surface area contributed by atoms with Gasteiger partial charge < -0.3 is 14.4 Å². The highest BCUT2D eigenvalue weighted by Crippen LogP contribution is 2.33. The molecule has 0 aliphatic heterocycles. The van der Waals surface area contributed by atoms with Crippen LogP contribution in [0.2, 0.25) is 5.02 Å². The van der Waals surface area contributed by atoms with Crippen LogP contribution in [-0.4, -0.2) is 27.2 Å². The number of nitrogens with zero attached hydrogens (tertiary/aromatic N) is 3. The number of aryl methyl sites for hydroxylation is 2. The van der Waals surface area contributed by atoms with Gasteiger partial charge >= 0.3 is 0 Å². The smallest absolute Gasteiger partial charge is 0.257 e. The number of benzene rings is 2. The number of amides is 1. The van der Waals surface area contributed by atoms with Crippen LogP contribution in [-0.2, 0) is 13.5 Å². The molecule has 0 atom stereocenters. The van der Waals surface area contributed by atoms with Crippen molar-refractivity contribution in [1.29, 1.82) is 0 Å². The standard InChI is InChI=1S/C21H17ClF2N4O2/c1-11-17(20(27-30-11)18-12(22)5-3-6-13(18)23)21(29)25-10-9-16-26-19-14(24)7-4-8-15(19)28(16)2/h3-8H,9-10H2,1-2H3,(H,25,29). The van der Waals surface area contributed by atoms with Gasteiger partial charge in [0.05, 0.1) is 16.1 Å². The minimum atomic E-state index is -0.605. The van der Waals surface area contributed by atoms with E-state index in [0.29, 0.717) is 17.8 Å². The van der Waals surface area contributed by atoms with Crippen molar-refractivity contribution in [3.05, 3.63) is 70.2 Å². The fraction of sp³-hybridized carbons (Fsp3) is 0.190. The molecule has 0 bridgehead atoms. The molecule has 0 unspecified atom stereocenters. The van der Waals surface area contributed by atoms with Crippen molar-refractivity contribution < 1.29 is 18.1 Å². The summed E-state index contributed by atoms with van der Waals surface area (Å²) < 4.78 is 35.1. The van der Waals surface area contributed by atoms with Crippen molar-refractivity contribution in [3.8, 4) is 11.3 Å². The van der Waals surface area contributed by atoms with Gasteiger partial charge in [-0.2, -0.15) is 0 Å². The van der Waals surface area contributed by atoms with Crippen LogP contribution in [0.3, 0.4) is 0 Å². The highest BCUT2D eigenvalue weighted by molar-refractivity contribution is 6.33. The summed E-state index contributed by atoms with van der Waals surface area (Å²) >= 11 is 6.11. The average Bonchev–Trinajstić information content (AvgIpc) is 3.23. The zero-order valence-electron chi connectivity index (χ0n) is 16.2. The zero-order chi connectivity index (χ0) is 21.4. The fourth-order valence-electron chi connectivity index (χ4n) is 3.36. The van der Waals surface area contributed by atoms with Crippen LogP contribution in [0, 0.1) is 18.6 Å². The summed E-state index contributed by atoms with van der Waals surface area (Å²) in [6, 6.07) is 8.96. The van der Waals surface area contributed by atoms with Gasteiger partial charge in [0.2, 0.25) is 0 Å². The number of para-hydroxylation sites is 1. The number of halogens is 3. The van der Waals surface area contributed by atoms with Gasteiger partial charge in [-0.05, 0) is 31.2 Å². The number of carbonyl (C=O) groups excluding carboxylic acids is 1. The lowest BCUT2D eigenvalue weighted by Crippen LogP contribution is -2.27. The number of fused-ring (bicyclic) bond motifs is 1. The van der Waals surface area contributed by atoms with Crippen LogP contribution >= 0.6 is 11.6 Å². The second-order valence-corrected chi connectivity index (χ2v) is 7.17. The molecule has 0 aliphatic carbocycles. The lowest BCUT2D eigenvalue weighted by atomic mass is 10.0. The van der Waals surface area contributed by atoms with Crippen molar-refractivity contribution in [3.63, 3.8) is 0 Å². The molecule has 1 amide bonds. The molecule has 2 aromatic carbocycles. The Bertz CT molecular complexity index is 1250. The molecule has 2 aromatic heterocycles. The highest BCUT2D eigenvalue weighted by atomic mass is 35.5. The minimum absolute atomic E-state index is 0.00647. The van der Waals surface area contributed by atoms with Crippen LogP contribution in [0.15, 0.2) is 40.9 Å². The number of hydrogen-bond acceptors (Lipinski definition) is 4. The second-order valence-electron chi connectivity index (χ2n) is 6.76. The molecule has 0 saturated carbocycles. The number of carbonyl (C=O) groups is 1. The van der Waals surface area contributed by atoms with E-state index < -0.39 is 17.5 Å². The molecule has 0 spiro atoms. The maximum atomic E-state index is 14.3. The largest absolute Gasteiger partial charge is 0.360 e. The SMILES string of the molecule is Cc1onc(-c2c(F)cccc2Cl)c1C(=O)NCCc1nc2c(F)cccc2n1C. The van der Waals surface area contributed by atoms with Gasteiger partial charge in [-0.25, -0.2) is 13.8 Å². The zero-order valence-corrected chi connectivity index (χ0v) is 16.9. The van der Waals surface area contributed by atoms with Gasteiger partial charge in [0.25, 0.3) is 5.91 Å². The maximum absolute atomic E-state index is 14.3. The summed E-state index contributed by atoms with van der Waals surface area (Å²) in [5, 5.41) is 6.71. The van der Waals surface area contributed by atoms with Crippen molar-refractivity contribution in [2.45, 2.75) is 13.3 Å². The molecule has 0 saturated heterocycles. The highest BCUT2D eigenvalue weighted by Gasteiger charge is 2.25. The Morgan fingerprint density at radius 2 is 1.93 bits per heavy atom. The first-order chi connectivity index (χ1) is 14.4. The first-order valence-electron chi connectivity index (χ1n) is 9.17. The van der Waals surface area contributed by atoms with E-state index in [1.54, 1.807) is 30.7 Å². The number of aromatic nitrogens is 3. The Hall–Kier alpha value is -3.26. The molecule has 154 valence electrons. The first-order valence-corrected chi connectivity index (χ1v) is 9.55. The van der Waals surface area contributed by atoms with Crippen LogP contribution in [0.4, 0.5) is 8.78 Å². The van der Waals surface area contributed by atoms with Crippen LogP contribution in [0.1, 0.15) is 21.9 Å². The van der Waals surface area contributed by atoms with E-state index in [-0.39, 0.29) is 39.7 Å². The Morgan fingerprint density at radius 3 is 2.67 bits per heavy atom. The predicted molar refractivity (Wildman–Crippen MR) is 108 cm³/mol. The lowest BCUT2D eigenvalue weighted by molar-refractivity contribution is 0.0953. The summed E-state index contributed by atoms with van der Waals surface area (Å²) in [7, 11) is 1.79. The Kier molecular flexibility index (Phi) is 5.26. The third kappa shape index (κ3) is 3.43. The first kappa shape index (κ1) is 20.0. The third-order valence-electron chi connectivity index (χ3n) is 4.88. The van der Waals surface area contributed by atoms with Crippen LogP contribution < -0.4 is 5.32 Å². The predicted octanol–water partition coefficient (Wildman–Crippen LogP) is 4.44. The molecule has 0 fully saturated rings. The number of imidazole rings is 1. The molecule has 4 rings (SSSR count). The maximum Gasteiger partial charge on any atom is 0.257 e. The molecule has 9 heteroatoms. The van der Waals surface area contributed by atoms with Crippen LogP contribution in [0.5, 0.6) is 0 Å². The quantitative estimate of drug-likeness (QED) is 0.508. The Labute approximate surface area is 175 Å². The molecular weight excluding hydrogens is 414 g/mol. The monoisotopic (exact) mass is 430 g/mol. The summed E-state index contributed by atoms with van der Waals surface area (Å²) in [6.07, 6.45) is 0.372. The normalized spacial score (nSPS) is 11.2. The van der Waals surface area contributed by atoms with Crippen molar-refractivity contribution in [1.82, 2.24) is 20.0 Å². The van der Waals surface area contributed by atoms with Gasteiger partial charge in [-0.3, -0.25) is 4.79 Å². The minimum Gasteiger partial charge on any atom is -0.360 e.